The van der Waals surface area contributed by atoms with Crippen molar-refractivity contribution in [2.24, 2.45) is 5.92 Å². The van der Waals surface area contributed by atoms with Gasteiger partial charge in [0.05, 0.1) is 6.10 Å². The van der Waals surface area contributed by atoms with Crippen molar-refractivity contribution in [3.8, 4) is 0 Å². The van der Waals surface area contributed by atoms with Gasteiger partial charge in [-0.05, 0) is 19.3 Å². The number of nitrogens with one attached hydrogen (secondary N) is 1. The highest BCUT2D eigenvalue weighted by Gasteiger charge is 2.39. The molecular weight excluding hydrogens is 276 g/mol. The molecular formula is C14H22N2O5. The Morgan fingerprint density at radius 1 is 1.33 bits per heavy atom. The number of methoxy groups -OCH3 is 1. The minimum atomic E-state index is -0.995. The highest BCUT2D eigenvalue weighted by atomic mass is 16.5. The van der Waals surface area contributed by atoms with E-state index < -0.39 is 12.0 Å². The van der Waals surface area contributed by atoms with Crippen molar-refractivity contribution in [1.82, 2.24) is 10.2 Å². The first kappa shape index (κ1) is 15.8. The average molecular weight is 298 g/mol. The van der Waals surface area contributed by atoms with Crippen LogP contribution < -0.4 is 5.32 Å². The molecule has 118 valence electrons. The second-order valence-corrected chi connectivity index (χ2v) is 5.66. The Hall–Kier alpha value is -1.63. The number of aliphatic carboxylic acids is 1. The number of ether oxygens (including phenoxy) is 1. The van der Waals surface area contributed by atoms with Gasteiger partial charge in [-0.1, -0.05) is 0 Å². The number of carboxylic acid groups (broad SMARTS) is 1. The summed E-state index contributed by atoms with van der Waals surface area (Å²) >= 11 is 0. The summed E-state index contributed by atoms with van der Waals surface area (Å²) in [5.41, 5.74) is 0. The molecule has 2 unspecified atom stereocenters. The van der Waals surface area contributed by atoms with Gasteiger partial charge in [0.25, 0.3) is 0 Å². The van der Waals surface area contributed by atoms with Gasteiger partial charge in [-0.15, -0.1) is 0 Å². The van der Waals surface area contributed by atoms with Crippen molar-refractivity contribution in [2.75, 3.05) is 20.2 Å². The SMILES string of the molecule is COC1CC(C(=O)O)N(C(=O)CCCNC(=O)C2CC2)C1. The predicted octanol–water partition coefficient (Wildman–Crippen LogP) is -0.00670. The van der Waals surface area contributed by atoms with Gasteiger partial charge in [-0.3, -0.25) is 9.59 Å². The predicted molar refractivity (Wildman–Crippen MR) is 73.5 cm³/mol. The number of carbonyl (C=O) groups is 3. The minimum absolute atomic E-state index is 0.0616. The maximum atomic E-state index is 12.1. The molecule has 0 radical (unpaired) electrons. The van der Waals surface area contributed by atoms with Gasteiger partial charge in [-0.2, -0.15) is 0 Å². The van der Waals surface area contributed by atoms with Crippen LogP contribution in [0.3, 0.4) is 0 Å². The van der Waals surface area contributed by atoms with Crippen LogP contribution in [0.25, 0.3) is 0 Å². The third kappa shape index (κ3) is 4.17. The molecule has 0 bridgehead atoms. The molecule has 2 rings (SSSR count). The van der Waals surface area contributed by atoms with Gasteiger partial charge in [0.1, 0.15) is 6.04 Å². The summed E-state index contributed by atoms with van der Waals surface area (Å²) in [6.45, 7) is 0.779. The van der Waals surface area contributed by atoms with Gasteiger partial charge in [0.15, 0.2) is 0 Å². The molecule has 0 aromatic rings. The lowest BCUT2D eigenvalue weighted by Gasteiger charge is -2.21. The molecule has 2 fully saturated rings. The first-order valence-corrected chi connectivity index (χ1v) is 7.35. The van der Waals surface area contributed by atoms with Crippen LogP contribution in [0.2, 0.25) is 0 Å². The standard InChI is InChI=1S/C14H22N2O5/c1-21-10-7-11(14(19)20)16(8-10)12(17)3-2-6-15-13(18)9-4-5-9/h9-11H,2-8H2,1H3,(H,15,18)(H,19,20). The molecule has 1 saturated heterocycles. The van der Waals surface area contributed by atoms with Gasteiger partial charge in [0, 0.05) is 39.0 Å². The molecule has 2 atom stereocenters. The molecule has 7 heteroatoms. The third-order valence-electron chi connectivity index (χ3n) is 4.02. The quantitative estimate of drug-likeness (QED) is 0.645. The summed E-state index contributed by atoms with van der Waals surface area (Å²) in [4.78, 5) is 36.1. The molecule has 0 aromatic heterocycles. The fraction of sp³-hybridized carbons (Fsp3) is 0.786. The molecule has 0 spiro atoms. The Kier molecular flexibility index (Phi) is 5.17. The minimum Gasteiger partial charge on any atom is -0.480 e. The van der Waals surface area contributed by atoms with E-state index in [0.29, 0.717) is 25.9 Å². The van der Waals surface area contributed by atoms with E-state index in [9.17, 15) is 14.4 Å². The van der Waals surface area contributed by atoms with Crippen LogP contribution in [0.1, 0.15) is 32.1 Å². The lowest BCUT2D eigenvalue weighted by Crippen LogP contribution is -2.40. The normalized spacial score (nSPS) is 24.9. The molecule has 7 nitrogen and oxygen atoms in total. The average Bonchev–Trinajstić information content (AvgIpc) is 3.21. The first-order valence-electron chi connectivity index (χ1n) is 7.35. The zero-order valence-corrected chi connectivity index (χ0v) is 12.2. The Morgan fingerprint density at radius 3 is 2.62 bits per heavy atom. The van der Waals surface area contributed by atoms with E-state index >= 15 is 0 Å². The number of likely N-dealkylation sites (tertiary alicyclic amines) is 1. The lowest BCUT2D eigenvalue weighted by molar-refractivity contribution is -0.148. The molecule has 2 amide bonds. The maximum absolute atomic E-state index is 12.1. The number of hydrogen-bond donors (Lipinski definition) is 2. The number of hydrogen-bond acceptors (Lipinski definition) is 4. The highest BCUT2D eigenvalue weighted by molar-refractivity contribution is 5.84. The van der Waals surface area contributed by atoms with Crippen LogP contribution in [-0.2, 0) is 19.1 Å². The number of carbonyl (C=O) groups excluding carboxylic acids is 2. The highest BCUT2D eigenvalue weighted by Crippen LogP contribution is 2.28. The number of carboxylic acids is 1. The summed E-state index contributed by atoms with van der Waals surface area (Å²) < 4.78 is 5.15. The molecule has 1 saturated carbocycles. The maximum Gasteiger partial charge on any atom is 0.326 e. The fourth-order valence-corrected chi connectivity index (χ4v) is 2.56. The van der Waals surface area contributed by atoms with Crippen LogP contribution in [0.15, 0.2) is 0 Å². The molecule has 1 aliphatic heterocycles. The largest absolute Gasteiger partial charge is 0.480 e. The van der Waals surface area contributed by atoms with E-state index in [0.717, 1.165) is 12.8 Å². The van der Waals surface area contributed by atoms with Crippen molar-refractivity contribution in [3.05, 3.63) is 0 Å². The molecule has 2 aliphatic rings. The van der Waals surface area contributed by atoms with E-state index in [1.165, 1.54) is 12.0 Å². The molecule has 1 heterocycles. The Morgan fingerprint density at radius 2 is 2.05 bits per heavy atom. The monoisotopic (exact) mass is 298 g/mol. The van der Waals surface area contributed by atoms with Gasteiger partial charge in [0.2, 0.25) is 11.8 Å². The second-order valence-electron chi connectivity index (χ2n) is 5.66. The van der Waals surface area contributed by atoms with E-state index in [-0.39, 0.29) is 30.3 Å². The zero-order valence-electron chi connectivity index (χ0n) is 12.2. The van der Waals surface area contributed by atoms with E-state index in [2.05, 4.69) is 5.32 Å². The van der Waals surface area contributed by atoms with Crippen LogP contribution in [0.4, 0.5) is 0 Å². The smallest absolute Gasteiger partial charge is 0.326 e. The fourth-order valence-electron chi connectivity index (χ4n) is 2.56. The first-order chi connectivity index (χ1) is 10.0. The Labute approximate surface area is 123 Å². The molecule has 2 N–H and O–H groups in total. The molecule has 0 aromatic carbocycles. The number of amides is 2. The molecule has 21 heavy (non-hydrogen) atoms. The summed E-state index contributed by atoms with van der Waals surface area (Å²) in [5.74, 6) is -0.961. The summed E-state index contributed by atoms with van der Waals surface area (Å²) in [6.07, 6.45) is 2.79. The summed E-state index contributed by atoms with van der Waals surface area (Å²) in [6, 6.07) is -0.802. The second kappa shape index (κ2) is 6.89. The number of nitrogens with zero attached hydrogens (tertiary/aromatic N) is 1. The van der Waals surface area contributed by atoms with Crippen LogP contribution in [0, 0.1) is 5.92 Å². The van der Waals surface area contributed by atoms with Crippen molar-refractivity contribution >= 4 is 17.8 Å². The molecule has 1 aliphatic carbocycles. The number of rotatable bonds is 7. The van der Waals surface area contributed by atoms with Gasteiger partial charge < -0.3 is 20.1 Å². The van der Waals surface area contributed by atoms with Crippen molar-refractivity contribution in [3.63, 3.8) is 0 Å². The van der Waals surface area contributed by atoms with Crippen molar-refractivity contribution < 1.29 is 24.2 Å². The van der Waals surface area contributed by atoms with Crippen LogP contribution >= 0.6 is 0 Å². The Balaban J connectivity index is 1.73. The lowest BCUT2D eigenvalue weighted by atomic mass is 10.2. The van der Waals surface area contributed by atoms with E-state index in [1.807, 2.05) is 0 Å². The van der Waals surface area contributed by atoms with E-state index in [4.69, 9.17) is 9.84 Å². The van der Waals surface area contributed by atoms with Gasteiger partial charge >= 0.3 is 5.97 Å². The topological polar surface area (TPSA) is 95.9 Å². The van der Waals surface area contributed by atoms with Gasteiger partial charge in [-0.25, -0.2) is 4.79 Å². The van der Waals surface area contributed by atoms with Crippen LogP contribution in [0.5, 0.6) is 0 Å². The van der Waals surface area contributed by atoms with Crippen molar-refractivity contribution in [1.29, 1.82) is 0 Å². The van der Waals surface area contributed by atoms with Crippen LogP contribution in [-0.4, -0.2) is 60.1 Å². The summed E-state index contributed by atoms with van der Waals surface area (Å²) in [5, 5.41) is 11.9. The Bertz CT molecular complexity index is 422. The third-order valence-corrected chi connectivity index (χ3v) is 4.02. The summed E-state index contributed by atoms with van der Waals surface area (Å²) in [7, 11) is 1.52. The van der Waals surface area contributed by atoms with E-state index in [1.54, 1.807) is 0 Å². The zero-order chi connectivity index (χ0) is 15.4. The van der Waals surface area contributed by atoms with Crippen molar-refractivity contribution in [2.45, 2.75) is 44.2 Å².